The predicted octanol–water partition coefficient (Wildman–Crippen LogP) is 2.97. The van der Waals surface area contributed by atoms with Crippen molar-refractivity contribution < 1.29 is 19.1 Å². The molecule has 2 amide bonds. The first-order valence-electron chi connectivity index (χ1n) is 9.78. The molecule has 0 fully saturated rings. The van der Waals surface area contributed by atoms with E-state index in [2.05, 4.69) is 10.6 Å². The second-order valence-electron chi connectivity index (χ2n) is 6.21. The number of ether oxygens (including phenoxy) is 2. The van der Waals surface area contributed by atoms with Gasteiger partial charge < -0.3 is 20.1 Å². The average molecular weight is 396 g/mol. The van der Waals surface area contributed by atoms with Crippen molar-refractivity contribution in [2.45, 2.75) is 20.3 Å². The van der Waals surface area contributed by atoms with Crippen molar-refractivity contribution in [3.63, 3.8) is 0 Å². The zero-order valence-electron chi connectivity index (χ0n) is 16.9. The summed E-state index contributed by atoms with van der Waals surface area (Å²) in [6, 6.07) is 15.3. The van der Waals surface area contributed by atoms with Crippen molar-refractivity contribution in [2.24, 2.45) is 0 Å². The monoisotopic (exact) mass is 396 g/mol. The van der Waals surface area contributed by atoms with E-state index >= 15 is 0 Å². The van der Waals surface area contributed by atoms with Crippen molar-refractivity contribution >= 4 is 17.9 Å². The quantitative estimate of drug-likeness (QED) is 0.573. The molecule has 0 radical (unpaired) electrons. The molecule has 0 spiro atoms. The average Bonchev–Trinajstić information content (AvgIpc) is 2.73. The van der Waals surface area contributed by atoms with Crippen molar-refractivity contribution in [3.05, 3.63) is 65.7 Å². The molecule has 0 aliphatic rings. The van der Waals surface area contributed by atoms with Crippen molar-refractivity contribution in [2.75, 3.05) is 26.3 Å². The maximum absolute atomic E-state index is 11.9. The lowest BCUT2D eigenvalue weighted by molar-refractivity contribution is -0.123. The van der Waals surface area contributed by atoms with E-state index in [-0.39, 0.29) is 18.4 Å². The number of hydrogen-bond acceptors (Lipinski definition) is 4. The molecule has 29 heavy (non-hydrogen) atoms. The summed E-state index contributed by atoms with van der Waals surface area (Å²) in [6.45, 7) is 5.38. The van der Waals surface area contributed by atoms with Crippen LogP contribution in [0.1, 0.15) is 25.0 Å². The highest BCUT2D eigenvalue weighted by Crippen LogP contribution is 2.28. The molecule has 0 heterocycles. The molecule has 0 bridgehead atoms. The second-order valence-corrected chi connectivity index (χ2v) is 6.21. The van der Waals surface area contributed by atoms with E-state index < -0.39 is 0 Å². The lowest BCUT2D eigenvalue weighted by Crippen LogP contribution is -2.37. The predicted molar refractivity (Wildman–Crippen MR) is 114 cm³/mol. The first-order chi connectivity index (χ1) is 14.1. The fourth-order valence-electron chi connectivity index (χ4n) is 2.62. The van der Waals surface area contributed by atoms with Gasteiger partial charge in [0, 0.05) is 12.6 Å². The van der Waals surface area contributed by atoms with Crippen molar-refractivity contribution in [1.29, 1.82) is 0 Å². The standard InChI is InChI=1S/C23H28N2O4/c1-3-28-20-12-10-19(16-21(20)29-4-2)14-15-24-23(27)17-25-22(26)13-11-18-8-6-5-7-9-18/h5-13,16H,3-4,14-15,17H2,1-2H3,(H,24,27)(H,25,26)/b13-11+. The maximum Gasteiger partial charge on any atom is 0.244 e. The first-order valence-corrected chi connectivity index (χ1v) is 9.78. The van der Waals surface area contributed by atoms with Gasteiger partial charge in [-0.2, -0.15) is 0 Å². The topological polar surface area (TPSA) is 76.7 Å². The van der Waals surface area contributed by atoms with Gasteiger partial charge in [-0.3, -0.25) is 9.59 Å². The van der Waals surface area contributed by atoms with Crippen LogP contribution in [0.3, 0.4) is 0 Å². The lowest BCUT2D eigenvalue weighted by Gasteiger charge is -2.12. The third-order valence-electron chi connectivity index (χ3n) is 3.99. The smallest absolute Gasteiger partial charge is 0.244 e. The van der Waals surface area contributed by atoms with Gasteiger partial charge in [0.25, 0.3) is 0 Å². The summed E-state index contributed by atoms with van der Waals surface area (Å²) in [5, 5.41) is 5.38. The summed E-state index contributed by atoms with van der Waals surface area (Å²) < 4.78 is 11.2. The Kier molecular flexibility index (Phi) is 9.29. The van der Waals surface area contributed by atoms with E-state index in [4.69, 9.17) is 9.47 Å². The summed E-state index contributed by atoms with van der Waals surface area (Å²) in [6.07, 6.45) is 3.77. The van der Waals surface area contributed by atoms with Gasteiger partial charge >= 0.3 is 0 Å². The normalized spacial score (nSPS) is 10.6. The minimum atomic E-state index is -0.308. The van der Waals surface area contributed by atoms with E-state index in [0.717, 1.165) is 11.1 Å². The molecule has 2 aromatic carbocycles. The van der Waals surface area contributed by atoms with Gasteiger partial charge in [0.05, 0.1) is 19.8 Å². The highest BCUT2D eigenvalue weighted by Gasteiger charge is 2.07. The number of carbonyl (C=O) groups is 2. The molecule has 0 aromatic heterocycles. The molecule has 6 heteroatoms. The molecule has 2 aromatic rings. The Labute approximate surface area is 171 Å². The zero-order chi connectivity index (χ0) is 20.9. The van der Waals surface area contributed by atoms with Crippen LogP contribution in [0.4, 0.5) is 0 Å². The van der Waals surface area contributed by atoms with Gasteiger partial charge in [-0.15, -0.1) is 0 Å². The van der Waals surface area contributed by atoms with Gasteiger partial charge in [-0.25, -0.2) is 0 Å². The Morgan fingerprint density at radius 1 is 0.931 bits per heavy atom. The minimum absolute atomic E-state index is 0.0641. The Morgan fingerprint density at radius 2 is 1.66 bits per heavy atom. The van der Waals surface area contributed by atoms with Crippen LogP contribution in [0.5, 0.6) is 11.5 Å². The molecule has 0 unspecified atom stereocenters. The molecule has 0 saturated heterocycles. The fourth-order valence-corrected chi connectivity index (χ4v) is 2.62. The van der Waals surface area contributed by atoms with Gasteiger partial charge in [0.1, 0.15) is 0 Å². The van der Waals surface area contributed by atoms with E-state index in [1.165, 1.54) is 6.08 Å². The van der Waals surface area contributed by atoms with E-state index in [1.54, 1.807) is 6.08 Å². The number of nitrogens with one attached hydrogen (secondary N) is 2. The third kappa shape index (κ3) is 8.09. The second kappa shape index (κ2) is 12.2. The Morgan fingerprint density at radius 3 is 2.38 bits per heavy atom. The minimum Gasteiger partial charge on any atom is -0.490 e. The Hall–Kier alpha value is -3.28. The van der Waals surface area contributed by atoms with Gasteiger partial charge in [0.15, 0.2) is 11.5 Å². The molecular formula is C23H28N2O4. The molecule has 2 N–H and O–H groups in total. The number of carbonyl (C=O) groups excluding carboxylic acids is 2. The van der Waals surface area contributed by atoms with Crippen LogP contribution in [0.25, 0.3) is 6.08 Å². The summed E-state index contributed by atoms with van der Waals surface area (Å²) >= 11 is 0. The summed E-state index contributed by atoms with van der Waals surface area (Å²) in [5.41, 5.74) is 1.96. The van der Waals surface area contributed by atoms with E-state index in [1.807, 2.05) is 62.4 Å². The Bertz CT molecular complexity index is 819. The number of hydrogen-bond donors (Lipinski definition) is 2. The van der Waals surface area contributed by atoms with Crippen molar-refractivity contribution in [1.82, 2.24) is 10.6 Å². The Balaban J connectivity index is 1.73. The van der Waals surface area contributed by atoms with Crippen LogP contribution in [0.2, 0.25) is 0 Å². The van der Waals surface area contributed by atoms with Crippen LogP contribution < -0.4 is 20.1 Å². The molecule has 0 atom stereocenters. The molecular weight excluding hydrogens is 368 g/mol. The largest absolute Gasteiger partial charge is 0.490 e. The number of rotatable bonds is 11. The van der Waals surface area contributed by atoms with Crippen LogP contribution in [0, 0.1) is 0 Å². The fraction of sp³-hybridized carbons (Fsp3) is 0.304. The van der Waals surface area contributed by atoms with E-state index in [9.17, 15) is 9.59 Å². The van der Waals surface area contributed by atoms with Crippen LogP contribution >= 0.6 is 0 Å². The molecule has 0 saturated carbocycles. The molecule has 0 aliphatic heterocycles. The van der Waals surface area contributed by atoms with E-state index in [0.29, 0.717) is 37.7 Å². The third-order valence-corrected chi connectivity index (χ3v) is 3.99. The zero-order valence-corrected chi connectivity index (χ0v) is 16.9. The lowest BCUT2D eigenvalue weighted by atomic mass is 10.1. The van der Waals surface area contributed by atoms with Gasteiger partial charge in [-0.1, -0.05) is 36.4 Å². The van der Waals surface area contributed by atoms with Crippen LogP contribution in [0.15, 0.2) is 54.6 Å². The number of amides is 2. The summed E-state index contributed by atoms with van der Waals surface area (Å²) in [7, 11) is 0. The van der Waals surface area contributed by atoms with Crippen LogP contribution in [-0.2, 0) is 16.0 Å². The molecule has 2 rings (SSSR count). The molecule has 154 valence electrons. The van der Waals surface area contributed by atoms with Gasteiger partial charge in [0.2, 0.25) is 11.8 Å². The van der Waals surface area contributed by atoms with Crippen molar-refractivity contribution in [3.8, 4) is 11.5 Å². The first kappa shape index (κ1) is 22.0. The van der Waals surface area contributed by atoms with Crippen LogP contribution in [-0.4, -0.2) is 38.1 Å². The summed E-state index contributed by atoms with van der Waals surface area (Å²) in [4.78, 5) is 23.7. The molecule has 0 aliphatic carbocycles. The summed E-state index contributed by atoms with van der Waals surface area (Å²) in [5.74, 6) is 0.878. The SMILES string of the molecule is CCOc1ccc(CCNC(=O)CNC(=O)/C=C/c2ccccc2)cc1OCC. The highest BCUT2D eigenvalue weighted by molar-refractivity contribution is 5.94. The molecule has 6 nitrogen and oxygen atoms in total. The maximum atomic E-state index is 11.9. The van der Waals surface area contributed by atoms with Gasteiger partial charge in [-0.05, 0) is 49.6 Å². The highest BCUT2D eigenvalue weighted by atomic mass is 16.5. The number of benzene rings is 2.